The molecule has 0 spiro atoms. The van der Waals surface area contributed by atoms with Crippen LogP contribution < -0.4 is 10.5 Å². The van der Waals surface area contributed by atoms with E-state index in [0.29, 0.717) is 29.5 Å². The second-order valence-electron chi connectivity index (χ2n) is 3.87. The van der Waals surface area contributed by atoms with E-state index in [1.54, 1.807) is 18.2 Å². The standard InChI is InChI=1S/C12H14N2O2/c13-6-10-11(14)2-1-3-12(10)16-8-9-4-5-15-7-9/h1-3,9H,4-5,7-8,14H2/t9-/m1/s1. The molecule has 1 fully saturated rings. The van der Waals surface area contributed by atoms with Crippen LogP contribution in [0.5, 0.6) is 5.75 Å². The average Bonchev–Trinajstić information content (AvgIpc) is 2.79. The Morgan fingerprint density at radius 3 is 3.12 bits per heavy atom. The smallest absolute Gasteiger partial charge is 0.139 e. The third-order valence-corrected chi connectivity index (χ3v) is 2.67. The molecule has 0 bridgehead atoms. The van der Waals surface area contributed by atoms with Gasteiger partial charge in [0.25, 0.3) is 0 Å². The Morgan fingerprint density at radius 2 is 2.44 bits per heavy atom. The maximum Gasteiger partial charge on any atom is 0.139 e. The number of nitriles is 1. The van der Waals surface area contributed by atoms with Gasteiger partial charge in [-0.3, -0.25) is 0 Å². The first-order valence-electron chi connectivity index (χ1n) is 5.30. The number of benzene rings is 1. The maximum absolute atomic E-state index is 8.96. The number of nitrogens with zero attached hydrogens (tertiary/aromatic N) is 1. The molecule has 16 heavy (non-hydrogen) atoms. The van der Waals surface area contributed by atoms with Crippen molar-refractivity contribution in [2.75, 3.05) is 25.6 Å². The van der Waals surface area contributed by atoms with Crippen molar-refractivity contribution in [1.29, 1.82) is 5.26 Å². The fourth-order valence-corrected chi connectivity index (χ4v) is 1.71. The van der Waals surface area contributed by atoms with Crippen molar-refractivity contribution in [2.24, 2.45) is 5.92 Å². The number of ether oxygens (including phenoxy) is 2. The highest BCUT2D eigenvalue weighted by molar-refractivity contribution is 5.60. The molecule has 0 saturated carbocycles. The number of hydrogen-bond donors (Lipinski definition) is 1. The third-order valence-electron chi connectivity index (χ3n) is 2.67. The molecular weight excluding hydrogens is 204 g/mol. The minimum atomic E-state index is 0.418. The molecule has 1 aliphatic heterocycles. The van der Waals surface area contributed by atoms with E-state index in [-0.39, 0.29) is 0 Å². The van der Waals surface area contributed by atoms with Crippen molar-refractivity contribution in [3.8, 4) is 11.8 Å². The van der Waals surface area contributed by atoms with E-state index in [0.717, 1.165) is 19.6 Å². The van der Waals surface area contributed by atoms with Gasteiger partial charge in [0, 0.05) is 12.5 Å². The zero-order valence-electron chi connectivity index (χ0n) is 8.98. The zero-order valence-corrected chi connectivity index (χ0v) is 8.98. The molecule has 0 radical (unpaired) electrons. The first kappa shape index (κ1) is 10.8. The number of rotatable bonds is 3. The highest BCUT2D eigenvalue weighted by Gasteiger charge is 2.17. The molecule has 4 heteroatoms. The number of nitrogen functional groups attached to an aromatic ring is 1. The molecule has 4 nitrogen and oxygen atoms in total. The predicted molar refractivity (Wildman–Crippen MR) is 60.0 cm³/mol. The molecule has 1 saturated heterocycles. The van der Waals surface area contributed by atoms with Crippen molar-refractivity contribution in [3.05, 3.63) is 23.8 Å². The maximum atomic E-state index is 8.96. The molecule has 2 N–H and O–H groups in total. The lowest BCUT2D eigenvalue weighted by Gasteiger charge is -2.12. The normalized spacial score (nSPS) is 19.3. The van der Waals surface area contributed by atoms with Crippen LogP contribution >= 0.6 is 0 Å². The van der Waals surface area contributed by atoms with Gasteiger partial charge in [-0.05, 0) is 18.6 Å². The SMILES string of the molecule is N#Cc1c(N)cccc1OC[C@@H]1CCOC1. The second kappa shape index (κ2) is 4.86. The molecule has 0 aliphatic carbocycles. The lowest BCUT2D eigenvalue weighted by molar-refractivity contribution is 0.167. The van der Waals surface area contributed by atoms with E-state index in [4.69, 9.17) is 20.5 Å². The Kier molecular flexibility index (Phi) is 3.28. The molecule has 2 rings (SSSR count). The van der Waals surface area contributed by atoms with Gasteiger partial charge in [-0.2, -0.15) is 5.26 Å². The van der Waals surface area contributed by atoms with Crippen LogP contribution in [0.3, 0.4) is 0 Å². The molecule has 0 aromatic heterocycles. The molecule has 0 amide bonds. The van der Waals surface area contributed by atoms with Crippen LogP contribution in [-0.4, -0.2) is 19.8 Å². The van der Waals surface area contributed by atoms with E-state index in [2.05, 4.69) is 6.07 Å². The van der Waals surface area contributed by atoms with Gasteiger partial charge in [-0.25, -0.2) is 0 Å². The van der Waals surface area contributed by atoms with Crippen LogP contribution in [0.25, 0.3) is 0 Å². The van der Waals surface area contributed by atoms with E-state index < -0.39 is 0 Å². The van der Waals surface area contributed by atoms with Crippen LogP contribution in [0.1, 0.15) is 12.0 Å². The fraction of sp³-hybridized carbons (Fsp3) is 0.417. The van der Waals surface area contributed by atoms with Gasteiger partial charge < -0.3 is 15.2 Å². The van der Waals surface area contributed by atoms with Crippen LogP contribution in [0.2, 0.25) is 0 Å². The first-order chi connectivity index (χ1) is 7.81. The molecule has 84 valence electrons. The highest BCUT2D eigenvalue weighted by atomic mass is 16.5. The van der Waals surface area contributed by atoms with Crippen molar-refractivity contribution in [1.82, 2.24) is 0 Å². The topological polar surface area (TPSA) is 68.3 Å². The zero-order chi connectivity index (χ0) is 11.4. The summed E-state index contributed by atoms with van der Waals surface area (Å²) in [5.74, 6) is 0.988. The summed E-state index contributed by atoms with van der Waals surface area (Å²) in [6, 6.07) is 7.31. The molecule has 1 atom stereocenters. The van der Waals surface area contributed by atoms with Crippen molar-refractivity contribution < 1.29 is 9.47 Å². The summed E-state index contributed by atoms with van der Waals surface area (Å²) in [5.41, 5.74) is 6.57. The van der Waals surface area contributed by atoms with Gasteiger partial charge in [-0.15, -0.1) is 0 Å². The van der Waals surface area contributed by atoms with Gasteiger partial charge in [0.1, 0.15) is 17.4 Å². The van der Waals surface area contributed by atoms with E-state index >= 15 is 0 Å². The van der Waals surface area contributed by atoms with Crippen LogP contribution in [0.15, 0.2) is 18.2 Å². The Bertz CT molecular complexity index is 406. The minimum Gasteiger partial charge on any atom is -0.492 e. The van der Waals surface area contributed by atoms with Crippen molar-refractivity contribution in [2.45, 2.75) is 6.42 Å². The Morgan fingerprint density at radius 1 is 1.56 bits per heavy atom. The molecule has 1 aromatic carbocycles. The summed E-state index contributed by atoms with van der Waals surface area (Å²) in [6.07, 6.45) is 1.02. The van der Waals surface area contributed by atoms with E-state index in [1.807, 2.05) is 0 Å². The molecule has 1 heterocycles. The average molecular weight is 218 g/mol. The lowest BCUT2D eigenvalue weighted by atomic mass is 10.1. The lowest BCUT2D eigenvalue weighted by Crippen LogP contribution is -2.12. The second-order valence-corrected chi connectivity index (χ2v) is 3.87. The van der Waals surface area contributed by atoms with Gasteiger partial charge in [0.15, 0.2) is 0 Å². The minimum absolute atomic E-state index is 0.418. The molecule has 0 unspecified atom stereocenters. The number of nitrogens with two attached hydrogens (primary N) is 1. The van der Waals surface area contributed by atoms with Crippen molar-refractivity contribution in [3.63, 3.8) is 0 Å². The first-order valence-corrected chi connectivity index (χ1v) is 5.30. The third kappa shape index (κ3) is 2.26. The Hall–Kier alpha value is -1.73. The Balaban J connectivity index is 2.03. The van der Waals surface area contributed by atoms with Gasteiger partial charge in [0.2, 0.25) is 0 Å². The summed E-state index contributed by atoms with van der Waals surface area (Å²) >= 11 is 0. The fourth-order valence-electron chi connectivity index (χ4n) is 1.71. The van der Waals surface area contributed by atoms with Crippen LogP contribution in [0, 0.1) is 17.2 Å². The number of hydrogen-bond acceptors (Lipinski definition) is 4. The van der Waals surface area contributed by atoms with Gasteiger partial charge in [0.05, 0.1) is 18.9 Å². The summed E-state index contributed by atoms with van der Waals surface area (Å²) in [6.45, 7) is 2.12. The number of anilines is 1. The highest BCUT2D eigenvalue weighted by Crippen LogP contribution is 2.24. The Labute approximate surface area is 94.6 Å². The van der Waals surface area contributed by atoms with Crippen LogP contribution in [-0.2, 0) is 4.74 Å². The summed E-state index contributed by atoms with van der Waals surface area (Å²) in [4.78, 5) is 0. The summed E-state index contributed by atoms with van der Waals surface area (Å²) < 4.78 is 10.9. The van der Waals surface area contributed by atoms with E-state index in [9.17, 15) is 0 Å². The quantitative estimate of drug-likeness (QED) is 0.781. The van der Waals surface area contributed by atoms with Gasteiger partial charge in [-0.1, -0.05) is 6.07 Å². The summed E-state index contributed by atoms with van der Waals surface area (Å²) in [7, 11) is 0. The van der Waals surface area contributed by atoms with E-state index in [1.165, 1.54) is 0 Å². The van der Waals surface area contributed by atoms with Gasteiger partial charge >= 0.3 is 0 Å². The molecular formula is C12H14N2O2. The largest absolute Gasteiger partial charge is 0.492 e. The summed E-state index contributed by atoms with van der Waals surface area (Å²) in [5, 5.41) is 8.96. The van der Waals surface area contributed by atoms with Crippen molar-refractivity contribution >= 4 is 5.69 Å². The van der Waals surface area contributed by atoms with Crippen LogP contribution in [0.4, 0.5) is 5.69 Å². The molecule has 1 aromatic rings. The molecule has 1 aliphatic rings. The monoisotopic (exact) mass is 218 g/mol. The predicted octanol–water partition coefficient (Wildman–Crippen LogP) is 1.56.